The van der Waals surface area contributed by atoms with E-state index in [1.807, 2.05) is 54.6 Å². The summed E-state index contributed by atoms with van der Waals surface area (Å²) in [6.45, 7) is 0. The van der Waals surface area contributed by atoms with Gasteiger partial charge in [-0.05, 0) is 42.7 Å². The fourth-order valence-corrected chi connectivity index (χ4v) is 2.63. The van der Waals surface area contributed by atoms with Gasteiger partial charge < -0.3 is 11.1 Å². The van der Waals surface area contributed by atoms with Crippen molar-refractivity contribution in [2.24, 2.45) is 5.73 Å². The van der Waals surface area contributed by atoms with E-state index in [1.165, 1.54) is 0 Å². The van der Waals surface area contributed by atoms with E-state index in [9.17, 15) is 4.79 Å². The quantitative estimate of drug-likeness (QED) is 0.853. The van der Waals surface area contributed by atoms with Crippen molar-refractivity contribution in [3.05, 3.63) is 65.7 Å². The number of nitrogens with one attached hydrogen (secondary N) is 1. The zero-order valence-corrected chi connectivity index (χ0v) is 12.3. The van der Waals surface area contributed by atoms with Gasteiger partial charge in [-0.25, -0.2) is 0 Å². The summed E-state index contributed by atoms with van der Waals surface area (Å²) in [5.41, 5.74) is 7.86. The van der Waals surface area contributed by atoms with Crippen LogP contribution < -0.4 is 11.1 Å². The molecule has 0 aliphatic heterocycles. The number of nitrogens with two attached hydrogens (primary N) is 1. The molecule has 0 saturated heterocycles. The van der Waals surface area contributed by atoms with Crippen molar-refractivity contribution in [3.8, 4) is 0 Å². The lowest BCUT2D eigenvalue weighted by Crippen LogP contribution is -2.27. The first kappa shape index (κ1) is 13.8. The first-order valence-corrected chi connectivity index (χ1v) is 7.29. The number of carbonyl (C=O) groups excluding carboxylic acids is 1. The Hall–Kier alpha value is -2.20. The molecule has 4 heteroatoms. The minimum absolute atomic E-state index is 0.0526. The molecule has 0 bridgehead atoms. The maximum Gasteiger partial charge on any atom is 0.235 e. The van der Waals surface area contributed by atoms with Crippen LogP contribution in [0.3, 0.4) is 0 Å². The third-order valence-electron chi connectivity index (χ3n) is 3.94. The Kier molecular flexibility index (Phi) is 3.47. The zero-order valence-electron chi connectivity index (χ0n) is 11.5. The zero-order chi connectivity index (χ0) is 14.9. The average molecular weight is 296 g/mol. The highest BCUT2D eigenvalue weighted by Crippen LogP contribution is 2.48. The van der Waals surface area contributed by atoms with Crippen LogP contribution in [-0.2, 0) is 10.2 Å². The molecule has 106 valence electrons. The summed E-state index contributed by atoms with van der Waals surface area (Å²) in [4.78, 5) is 12.9. The summed E-state index contributed by atoms with van der Waals surface area (Å²) >= 11 is 4.92. The number of amides is 1. The monoisotopic (exact) mass is 296 g/mol. The molecule has 0 radical (unpaired) electrons. The van der Waals surface area contributed by atoms with Gasteiger partial charge in [-0.15, -0.1) is 0 Å². The van der Waals surface area contributed by atoms with Crippen molar-refractivity contribution < 1.29 is 4.79 Å². The summed E-state index contributed by atoms with van der Waals surface area (Å²) in [6, 6.07) is 17.2. The molecule has 3 nitrogen and oxygen atoms in total. The molecule has 0 unspecified atom stereocenters. The molecule has 2 aromatic carbocycles. The molecule has 1 saturated carbocycles. The number of carbonyl (C=O) groups is 1. The molecule has 21 heavy (non-hydrogen) atoms. The van der Waals surface area contributed by atoms with Gasteiger partial charge in [0.25, 0.3) is 0 Å². The van der Waals surface area contributed by atoms with Crippen molar-refractivity contribution in [3.63, 3.8) is 0 Å². The van der Waals surface area contributed by atoms with Crippen molar-refractivity contribution in [1.82, 2.24) is 0 Å². The van der Waals surface area contributed by atoms with Crippen LogP contribution in [0.1, 0.15) is 24.0 Å². The second-order valence-corrected chi connectivity index (χ2v) is 5.78. The lowest BCUT2D eigenvalue weighted by Gasteiger charge is -2.16. The van der Waals surface area contributed by atoms with E-state index in [-0.39, 0.29) is 11.3 Å². The predicted molar refractivity (Wildman–Crippen MR) is 88.3 cm³/mol. The van der Waals surface area contributed by atoms with Crippen molar-refractivity contribution in [1.29, 1.82) is 0 Å². The highest BCUT2D eigenvalue weighted by atomic mass is 32.1. The third-order valence-corrected chi connectivity index (χ3v) is 4.17. The molecule has 0 heterocycles. The van der Waals surface area contributed by atoms with E-state index in [0.29, 0.717) is 4.99 Å². The highest BCUT2D eigenvalue weighted by Gasteiger charge is 2.51. The normalized spacial score (nSPS) is 15.2. The first-order valence-electron chi connectivity index (χ1n) is 6.89. The molecule has 1 aliphatic carbocycles. The van der Waals surface area contributed by atoms with Crippen molar-refractivity contribution in [2.75, 3.05) is 5.32 Å². The second-order valence-electron chi connectivity index (χ2n) is 5.34. The number of anilines is 1. The van der Waals surface area contributed by atoms with Gasteiger partial charge in [-0.1, -0.05) is 42.5 Å². The van der Waals surface area contributed by atoms with Crippen LogP contribution in [0, 0.1) is 0 Å². The highest BCUT2D eigenvalue weighted by molar-refractivity contribution is 7.80. The summed E-state index contributed by atoms with van der Waals surface area (Å²) in [7, 11) is 0. The minimum Gasteiger partial charge on any atom is -0.389 e. The van der Waals surface area contributed by atoms with Gasteiger partial charge in [0.05, 0.1) is 5.41 Å². The van der Waals surface area contributed by atoms with Gasteiger partial charge in [0.1, 0.15) is 4.99 Å². The smallest absolute Gasteiger partial charge is 0.235 e. The molecule has 0 atom stereocenters. The molecule has 0 spiro atoms. The molecule has 3 N–H and O–H groups in total. The van der Waals surface area contributed by atoms with Gasteiger partial charge in [-0.3, -0.25) is 4.79 Å². The van der Waals surface area contributed by atoms with Crippen LogP contribution in [0.25, 0.3) is 0 Å². The summed E-state index contributed by atoms with van der Waals surface area (Å²) < 4.78 is 0. The summed E-state index contributed by atoms with van der Waals surface area (Å²) in [5.74, 6) is 0.0526. The standard InChI is InChI=1S/C17H16N2OS/c18-15(21)12-6-8-14(9-7-12)19-16(20)17(10-11-17)13-4-2-1-3-5-13/h1-9H,10-11H2,(H2,18,21)(H,19,20). The third kappa shape index (κ3) is 2.67. The van der Waals surface area contributed by atoms with Gasteiger partial charge >= 0.3 is 0 Å². The fraction of sp³-hybridized carbons (Fsp3) is 0.176. The molecule has 2 aromatic rings. The van der Waals surface area contributed by atoms with Crippen LogP contribution in [0.15, 0.2) is 54.6 Å². The Balaban J connectivity index is 1.76. The van der Waals surface area contributed by atoms with Gasteiger partial charge in [0, 0.05) is 11.3 Å². The Morgan fingerprint density at radius 1 is 1.05 bits per heavy atom. The SMILES string of the molecule is NC(=S)c1ccc(NC(=O)C2(c3ccccc3)CC2)cc1. The molecule has 1 aliphatic rings. The number of hydrogen-bond acceptors (Lipinski definition) is 2. The molecule has 0 aromatic heterocycles. The van der Waals surface area contributed by atoms with Crippen LogP contribution in [0.5, 0.6) is 0 Å². The van der Waals surface area contributed by atoms with Crippen LogP contribution in [-0.4, -0.2) is 10.9 Å². The number of rotatable bonds is 4. The van der Waals surface area contributed by atoms with Gasteiger partial charge in [0.15, 0.2) is 0 Å². The Morgan fingerprint density at radius 2 is 1.67 bits per heavy atom. The largest absolute Gasteiger partial charge is 0.389 e. The van der Waals surface area contributed by atoms with E-state index in [2.05, 4.69) is 5.32 Å². The van der Waals surface area contributed by atoms with Gasteiger partial charge in [0.2, 0.25) is 5.91 Å². The average Bonchev–Trinajstić information content (AvgIpc) is 3.30. The Morgan fingerprint density at radius 3 is 2.19 bits per heavy atom. The number of hydrogen-bond donors (Lipinski definition) is 2. The van der Waals surface area contributed by atoms with E-state index >= 15 is 0 Å². The summed E-state index contributed by atoms with van der Waals surface area (Å²) in [5, 5.41) is 2.99. The Labute approximate surface area is 129 Å². The van der Waals surface area contributed by atoms with E-state index in [0.717, 1.165) is 29.7 Å². The van der Waals surface area contributed by atoms with Crippen LogP contribution >= 0.6 is 12.2 Å². The minimum atomic E-state index is -0.358. The number of benzene rings is 2. The van der Waals surface area contributed by atoms with Gasteiger partial charge in [-0.2, -0.15) is 0 Å². The Bertz CT molecular complexity index is 676. The van der Waals surface area contributed by atoms with Crippen LogP contribution in [0.4, 0.5) is 5.69 Å². The molecular weight excluding hydrogens is 280 g/mol. The lowest BCUT2D eigenvalue weighted by molar-refractivity contribution is -0.118. The van der Waals surface area contributed by atoms with Crippen molar-refractivity contribution in [2.45, 2.75) is 18.3 Å². The summed E-state index contributed by atoms with van der Waals surface area (Å²) in [6.07, 6.45) is 1.79. The predicted octanol–water partition coefficient (Wildman–Crippen LogP) is 2.99. The molecule has 3 rings (SSSR count). The van der Waals surface area contributed by atoms with E-state index < -0.39 is 0 Å². The topological polar surface area (TPSA) is 55.1 Å². The van der Waals surface area contributed by atoms with E-state index in [4.69, 9.17) is 18.0 Å². The number of thiocarbonyl (C=S) groups is 1. The van der Waals surface area contributed by atoms with Crippen LogP contribution in [0.2, 0.25) is 0 Å². The molecular formula is C17H16N2OS. The van der Waals surface area contributed by atoms with Crippen molar-refractivity contribution >= 4 is 28.8 Å². The maximum atomic E-state index is 12.6. The maximum absolute atomic E-state index is 12.6. The molecule has 1 amide bonds. The fourth-order valence-electron chi connectivity index (χ4n) is 2.50. The molecule has 1 fully saturated rings. The lowest BCUT2D eigenvalue weighted by atomic mass is 9.95. The first-order chi connectivity index (χ1) is 10.1. The van der Waals surface area contributed by atoms with E-state index in [1.54, 1.807) is 0 Å². The second kappa shape index (κ2) is 5.30.